The SMILES string of the molecule is O=C(C1CNNC1c1ccccc1)N(CC#Cc1ccccc1)C1CC1. The summed E-state index contributed by atoms with van der Waals surface area (Å²) in [7, 11) is 0. The number of benzene rings is 2. The molecule has 4 nitrogen and oxygen atoms in total. The molecule has 2 aliphatic rings. The zero-order valence-corrected chi connectivity index (χ0v) is 14.7. The highest BCUT2D eigenvalue weighted by Crippen LogP contribution is 2.32. The van der Waals surface area contributed by atoms with E-state index in [2.05, 4.69) is 34.8 Å². The molecule has 4 rings (SSSR count). The molecular weight excluding hydrogens is 322 g/mol. The molecule has 132 valence electrons. The van der Waals surface area contributed by atoms with Gasteiger partial charge in [0.25, 0.3) is 0 Å². The van der Waals surface area contributed by atoms with Crippen molar-refractivity contribution in [2.75, 3.05) is 13.1 Å². The molecule has 1 saturated heterocycles. The molecule has 0 spiro atoms. The molecule has 26 heavy (non-hydrogen) atoms. The summed E-state index contributed by atoms with van der Waals surface area (Å²) in [6, 6.07) is 20.5. The minimum atomic E-state index is -0.100. The number of carbonyl (C=O) groups excluding carboxylic acids is 1. The lowest BCUT2D eigenvalue weighted by Crippen LogP contribution is -2.40. The molecule has 1 amide bonds. The second-order valence-electron chi connectivity index (χ2n) is 6.89. The van der Waals surface area contributed by atoms with Crippen LogP contribution in [0.4, 0.5) is 0 Å². The Kier molecular flexibility index (Phi) is 5.01. The maximum Gasteiger partial charge on any atom is 0.230 e. The third-order valence-electron chi connectivity index (χ3n) is 4.98. The van der Waals surface area contributed by atoms with E-state index in [9.17, 15) is 4.79 Å². The minimum Gasteiger partial charge on any atom is -0.328 e. The van der Waals surface area contributed by atoms with Gasteiger partial charge >= 0.3 is 0 Å². The van der Waals surface area contributed by atoms with E-state index < -0.39 is 0 Å². The van der Waals surface area contributed by atoms with Crippen LogP contribution in [0.15, 0.2) is 60.7 Å². The first kappa shape index (κ1) is 16.8. The Hall–Kier alpha value is -2.61. The average Bonchev–Trinajstić information content (AvgIpc) is 3.41. The lowest BCUT2D eigenvalue weighted by atomic mass is 9.93. The number of carbonyl (C=O) groups is 1. The summed E-state index contributed by atoms with van der Waals surface area (Å²) in [5.74, 6) is 6.46. The number of hydrogen-bond acceptors (Lipinski definition) is 3. The smallest absolute Gasteiger partial charge is 0.230 e. The molecule has 0 aromatic heterocycles. The Balaban J connectivity index is 1.48. The molecule has 4 heteroatoms. The van der Waals surface area contributed by atoms with Crippen molar-refractivity contribution in [3.8, 4) is 11.8 Å². The molecule has 1 saturated carbocycles. The summed E-state index contributed by atoms with van der Waals surface area (Å²) < 4.78 is 0. The van der Waals surface area contributed by atoms with Crippen molar-refractivity contribution < 1.29 is 4.79 Å². The average molecular weight is 345 g/mol. The summed E-state index contributed by atoms with van der Waals surface area (Å²) >= 11 is 0. The highest BCUT2D eigenvalue weighted by Gasteiger charge is 2.40. The Bertz CT molecular complexity index is 806. The van der Waals surface area contributed by atoms with Crippen LogP contribution >= 0.6 is 0 Å². The number of amides is 1. The number of nitrogens with zero attached hydrogens (tertiary/aromatic N) is 1. The van der Waals surface area contributed by atoms with Crippen LogP contribution in [0.3, 0.4) is 0 Å². The van der Waals surface area contributed by atoms with Gasteiger partial charge in [-0.05, 0) is 30.5 Å². The van der Waals surface area contributed by atoms with E-state index in [0.717, 1.165) is 24.0 Å². The van der Waals surface area contributed by atoms with Crippen molar-refractivity contribution in [1.29, 1.82) is 0 Å². The van der Waals surface area contributed by atoms with Crippen LogP contribution in [0.5, 0.6) is 0 Å². The molecule has 2 aromatic rings. The van der Waals surface area contributed by atoms with E-state index >= 15 is 0 Å². The third-order valence-corrected chi connectivity index (χ3v) is 4.98. The number of nitrogens with one attached hydrogen (secondary N) is 2. The Labute approximate surface area is 154 Å². The second-order valence-corrected chi connectivity index (χ2v) is 6.89. The van der Waals surface area contributed by atoms with Crippen LogP contribution in [-0.4, -0.2) is 29.9 Å². The number of rotatable bonds is 4. The maximum absolute atomic E-state index is 13.2. The monoisotopic (exact) mass is 345 g/mol. The summed E-state index contributed by atoms with van der Waals surface area (Å²) in [4.78, 5) is 15.2. The number of hydrazine groups is 1. The van der Waals surface area contributed by atoms with E-state index in [1.54, 1.807) is 0 Å². The van der Waals surface area contributed by atoms with Crippen molar-refractivity contribution in [2.45, 2.75) is 24.9 Å². The van der Waals surface area contributed by atoms with Crippen LogP contribution < -0.4 is 10.9 Å². The molecule has 1 aliphatic heterocycles. The fraction of sp³-hybridized carbons (Fsp3) is 0.318. The van der Waals surface area contributed by atoms with Gasteiger partial charge in [0.15, 0.2) is 0 Å². The normalized spacial score (nSPS) is 21.7. The first-order valence-corrected chi connectivity index (χ1v) is 9.20. The molecule has 2 N–H and O–H groups in total. The maximum atomic E-state index is 13.2. The van der Waals surface area contributed by atoms with Gasteiger partial charge in [0, 0.05) is 18.2 Å². The molecular formula is C22H23N3O. The lowest BCUT2D eigenvalue weighted by Gasteiger charge is -2.26. The van der Waals surface area contributed by atoms with Gasteiger partial charge in [-0.1, -0.05) is 60.4 Å². The van der Waals surface area contributed by atoms with Crippen molar-refractivity contribution >= 4 is 5.91 Å². The predicted octanol–water partition coefficient (Wildman–Crippen LogP) is 2.49. The standard InChI is InChI=1S/C22H23N3O/c26-22(20-16-23-24-21(20)18-11-5-2-6-12-18)25(19-13-14-19)15-7-10-17-8-3-1-4-9-17/h1-6,8-9,11-12,19-21,23-24H,13-16H2. The van der Waals surface area contributed by atoms with Gasteiger partial charge in [0.1, 0.15) is 0 Å². The largest absolute Gasteiger partial charge is 0.328 e. The van der Waals surface area contributed by atoms with E-state index in [1.165, 1.54) is 0 Å². The lowest BCUT2D eigenvalue weighted by molar-refractivity contribution is -0.135. The molecule has 0 radical (unpaired) electrons. The van der Waals surface area contributed by atoms with Crippen LogP contribution in [0.1, 0.15) is 30.0 Å². The van der Waals surface area contributed by atoms with Crippen molar-refractivity contribution in [3.05, 3.63) is 71.8 Å². The summed E-state index contributed by atoms with van der Waals surface area (Å²) in [5.41, 5.74) is 8.56. The Morgan fingerprint density at radius 3 is 2.42 bits per heavy atom. The molecule has 2 atom stereocenters. The van der Waals surface area contributed by atoms with Crippen molar-refractivity contribution in [1.82, 2.24) is 15.8 Å². The zero-order valence-electron chi connectivity index (χ0n) is 14.7. The third kappa shape index (κ3) is 3.80. The van der Waals surface area contributed by atoms with Gasteiger partial charge in [-0.25, -0.2) is 5.43 Å². The first-order chi connectivity index (χ1) is 12.8. The van der Waals surface area contributed by atoms with Gasteiger partial charge in [-0.15, -0.1) is 0 Å². The molecule has 0 bridgehead atoms. The molecule has 1 heterocycles. The highest BCUT2D eigenvalue weighted by molar-refractivity contribution is 5.81. The van der Waals surface area contributed by atoms with Crippen LogP contribution in [0.25, 0.3) is 0 Å². The van der Waals surface area contributed by atoms with E-state index in [0.29, 0.717) is 19.1 Å². The van der Waals surface area contributed by atoms with Gasteiger partial charge in [-0.2, -0.15) is 0 Å². The first-order valence-electron chi connectivity index (χ1n) is 9.20. The Morgan fingerprint density at radius 2 is 1.73 bits per heavy atom. The van der Waals surface area contributed by atoms with Crippen LogP contribution in [0, 0.1) is 17.8 Å². The van der Waals surface area contributed by atoms with Gasteiger partial charge < -0.3 is 4.90 Å². The molecule has 2 unspecified atom stereocenters. The quantitative estimate of drug-likeness (QED) is 0.837. The highest BCUT2D eigenvalue weighted by atomic mass is 16.2. The molecule has 2 fully saturated rings. The van der Waals surface area contributed by atoms with Crippen molar-refractivity contribution in [3.63, 3.8) is 0 Å². The zero-order chi connectivity index (χ0) is 17.8. The summed E-state index contributed by atoms with van der Waals surface area (Å²) in [5, 5.41) is 0. The van der Waals surface area contributed by atoms with E-state index in [-0.39, 0.29) is 17.9 Å². The van der Waals surface area contributed by atoms with Crippen molar-refractivity contribution in [2.24, 2.45) is 5.92 Å². The van der Waals surface area contributed by atoms with Gasteiger partial charge in [-0.3, -0.25) is 10.2 Å². The fourth-order valence-corrected chi connectivity index (χ4v) is 3.44. The van der Waals surface area contributed by atoms with Crippen LogP contribution in [-0.2, 0) is 4.79 Å². The summed E-state index contributed by atoms with van der Waals surface area (Å²) in [6.45, 7) is 1.14. The molecule has 2 aromatic carbocycles. The molecule has 1 aliphatic carbocycles. The number of hydrogen-bond donors (Lipinski definition) is 2. The fourth-order valence-electron chi connectivity index (χ4n) is 3.44. The van der Waals surface area contributed by atoms with Crippen LogP contribution in [0.2, 0.25) is 0 Å². The van der Waals surface area contributed by atoms with E-state index in [4.69, 9.17) is 0 Å². The second kappa shape index (κ2) is 7.74. The summed E-state index contributed by atoms with van der Waals surface area (Å²) in [6.07, 6.45) is 2.17. The minimum absolute atomic E-state index is 0.00651. The van der Waals surface area contributed by atoms with Gasteiger partial charge in [0.05, 0.1) is 18.5 Å². The van der Waals surface area contributed by atoms with Gasteiger partial charge in [0.2, 0.25) is 5.91 Å². The predicted molar refractivity (Wildman–Crippen MR) is 102 cm³/mol. The van der Waals surface area contributed by atoms with E-state index in [1.807, 2.05) is 53.4 Å². The topological polar surface area (TPSA) is 44.4 Å². The Morgan fingerprint density at radius 1 is 1.04 bits per heavy atom.